The Morgan fingerprint density at radius 1 is 1.17 bits per heavy atom. The molecule has 0 aliphatic carbocycles. The van der Waals surface area contributed by atoms with Crippen LogP contribution in [0, 0.1) is 0 Å². The molecule has 7 heteroatoms. The smallest absolute Gasteiger partial charge is 0.273 e. The number of aliphatic imine (C=N–C) groups is 1. The average Bonchev–Trinajstić information content (AvgIpc) is 2.53. The molecule has 5 nitrogen and oxygen atoms in total. The molecule has 0 amide bonds. The SMILES string of the molecule is CCC(N)C1=Nc2cccc(Cl)c2S(=O)(=O)N1c1ccccc1. The molecule has 1 unspecified atom stereocenters. The van der Waals surface area contributed by atoms with Gasteiger partial charge in [-0.3, -0.25) is 0 Å². The molecule has 0 aromatic heterocycles. The molecule has 1 aliphatic rings. The molecule has 0 saturated heterocycles. The summed E-state index contributed by atoms with van der Waals surface area (Å²) in [4.78, 5) is 4.50. The zero-order valence-corrected chi connectivity index (χ0v) is 14.1. The van der Waals surface area contributed by atoms with Crippen molar-refractivity contribution >= 4 is 38.8 Å². The molecule has 120 valence electrons. The molecule has 0 saturated carbocycles. The van der Waals surface area contributed by atoms with Gasteiger partial charge in [0.2, 0.25) is 0 Å². The first-order valence-electron chi connectivity index (χ1n) is 7.20. The van der Waals surface area contributed by atoms with Gasteiger partial charge in [-0.15, -0.1) is 0 Å². The summed E-state index contributed by atoms with van der Waals surface area (Å²) < 4.78 is 27.5. The first kappa shape index (κ1) is 16.0. The van der Waals surface area contributed by atoms with E-state index in [9.17, 15) is 8.42 Å². The molecule has 3 rings (SSSR count). The Bertz CT molecular complexity index is 866. The molecule has 1 atom stereocenters. The Morgan fingerprint density at radius 3 is 2.52 bits per heavy atom. The summed E-state index contributed by atoms with van der Waals surface area (Å²) in [7, 11) is -3.88. The number of amidine groups is 1. The molecule has 0 bridgehead atoms. The minimum Gasteiger partial charge on any atom is -0.321 e. The number of hydrogen-bond donors (Lipinski definition) is 1. The standard InChI is InChI=1S/C16H16ClN3O2S/c1-2-13(18)16-19-14-10-6-9-12(17)15(14)23(21,22)20(16)11-7-4-3-5-8-11/h3-10,13H,2,18H2,1H3. The molecule has 0 radical (unpaired) electrons. The lowest BCUT2D eigenvalue weighted by molar-refractivity contribution is 0.595. The fraction of sp³-hybridized carbons (Fsp3) is 0.188. The molecular formula is C16H16ClN3O2S. The third-order valence-electron chi connectivity index (χ3n) is 3.65. The number of nitrogens with zero attached hydrogens (tertiary/aromatic N) is 2. The number of sulfonamides is 1. The van der Waals surface area contributed by atoms with E-state index in [1.54, 1.807) is 42.5 Å². The largest absolute Gasteiger partial charge is 0.321 e. The van der Waals surface area contributed by atoms with Gasteiger partial charge in [-0.1, -0.05) is 42.8 Å². The second-order valence-corrected chi connectivity index (χ2v) is 7.31. The van der Waals surface area contributed by atoms with Gasteiger partial charge in [0.25, 0.3) is 10.0 Å². The van der Waals surface area contributed by atoms with Gasteiger partial charge in [-0.05, 0) is 30.7 Å². The zero-order chi connectivity index (χ0) is 16.6. The quantitative estimate of drug-likeness (QED) is 0.923. The molecule has 1 heterocycles. The van der Waals surface area contributed by atoms with Crippen molar-refractivity contribution in [3.05, 3.63) is 53.6 Å². The van der Waals surface area contributed by atoms with Crippen LogP contribution in [-0.2, 0) is 10.0 Å². The van der Waals surface area contributed by atoms with Crippen LogP contribution in [0.25, 0.3) is 0 Å². The number of benzene rings is 2. The number of rotatable bonds is 3. The summed E-state index contributed by atoms with van der Waals surface area (Å²) in [6.07, 6.45) is 0.563. The normalized spacial score (nSPS) is 17.3. The van der Waals surface area contributed by atoms with Crippen LogP contribution in [0.1, 0.15) is 13.3 Å². The van der Waals surface area contributed by atoms with Gasteiger partial charge in [0.15, 0.2) is 0 Å². The fourth-order valence-electron chi connectivity index (χ4n) is 2.47. The second-order valence-electron chi connectivity index (χ2n) is 5.18. The maximum absolute atomic E-state index is 13.2. The third kappa shape index (κ3) is 2.63. The minimum absolute atomic E-state index is 0.0116. The van der Waals surface area contributed by atoms with Gasteiger partial charge in [0, 0.05) is 0 Å². The number of anilines is 1. The van der Waals surface area contributed by atoms with E-state index in [1.807, 2.05) is 13.0 Å². The van der Waals surface area contributed by atoms with E-state index in [-0.39, 0.29) is 9.92 Å². The van der Waals surface area contributed by atoms with E-state index < -0.39 is 16.1 Å². The first-order chi connectivity index (χ1) is 11.0. The molecule has 0 spiro atoms. The van der Waals surface area contributed by atoms with Crippen LogP contribution >= 0.6 is 11.6 Å². The van der Waals surface area contributed by atoms with Crippen LogP contribution in [0.15, 0.2) is 58.4 Å². The maximum atomic E-state index is 13.2. The minimum atomic E-state index is -3.88. The van der Waals surface area contributed by atoms with Crippen molar-refractivity contribution in [1.82, 2.24) is 0 Å². The first-order valence-corrected chi connectivity index (χ1v) is 9.01. The van der Waals surface area contributed by atoms with Crippen molar-refractivity contribution < 1.29 is 8.42 Å². The highest BCUT2D eigenvalue weighted by molar-refractivity contribution is 7.94. The predicted molar refractivity (Wildman–Crippen MR) is 92.9 cm³/mol. The van der Waals surface area contributed by atoms with E-state index in [2.05, 4.69) is 4.99 Å². The van der Waals surface area contributed by atoms with Crippen molar-refractivity contribution in [3.63, 3.8) is 0 Å². The van der Waals surface area contributed by atoms with Crippen LogP contribution in [0.2, 0.25) is 5.02 Å². The number of halogens is 1. The lowest BCUT2D eigenvalue weighted by atomic mass is 10.2. The number of para-hydroxylation sites is 1. The lowest BCUT2D eigenvalue weighted by Gasteiger charge is -2.32. The van der Waals surface area contributed by atoms with Gasteiger partial charge >= 0.3 is 0 Å². The molecule has 1 aliphatic heterocycles. The molecule has 2 N–H and O–H groups in total. The number of hydrogen-bond acceptors (Lipinski definition) is 4. The van der Waals surface area contributed by atoms with Crippen LogP contribution in [0.3, 0.4) is 0 Å². The van der Waals surface area contributed by atoms with Crippen molar-refractivity contribution in [2.24, 2.45) is 10.7 Å². The highest BCUT2D eigenvalue weighted by Gasteiger charge is 2.38. The summed E-state index contributed by atoms with van der Waals surface area (Å²) in [6.45, 7) is 1.89. The van der Waals surface area contributed by atoms with Crippen molar-refractivity contribution in [1.29, 1.82) is 0 Å². The zero-order valence-electron chi connectivity index (χ0n) is 12.5. The summed E-state index contributed by atoms with van der Waals surface area (Å²) in [6, 6.07) is 13.1. The van der Waals surface area contributed by atoms with E-state index >= 15 is 0 Å². The van der Waals surface area contributed by atoms with Crippen molar-refractivity contribution in [2.45, 2.75) is 24.3 Å². The monoisotopic (exact) mass is 349 g/mol. The third-order valence-corrected chi connectivity index (χ3v) is 5.90. The van der Waals surface area contributed by atoms with Gasteiger partial charge in [-0.25, -0.2) is 17.7 Å². The molecular weight excluding hydrogens is 334 g/mol. The average molecular weight is 350 g/mol. The Kier molecular flexibility index (Phi) is 4.14. The molecule has 23 heavy (non-hydrogen) atoms. The molecule has 2 aromatic rings. The number of nitrogens with two attached hydrogens (primary N) is 1. The Labute approximate surface area is 140 Å². The lowest BCUT2D eigenvalue weighted by Crippen LogP contribution is -2.48. The van der Waals surface area contributed by atoms with E-state index in [0.717, 1.165) is 0 Å². The van der Waals surface area contributed by atoms with Crippen LogP contribution in [-0.4, -0.2) is 20.3 Å². The predicted octanol–water partition coefficient (Wildman–Crippen LogP) is 3.32. The Balaban J connectivity index is 2.32. The summed E-state index contributed by atoms with van der Waals surface area (Å²) in [5, 5.41) is 0.149. The Hall–Kier alpha value is -1.89. The summed E-state index contributed by atoms with van der Waals surface area (Å²) in [5.74, 6) is 0.300. The van der Waals surface area contributed by atoms with Gasteiger partial charge in [0.1, 0.15) is 10.7 Å². The molecule has 2 aromatic carbocycles. The van der Waals surface area contributed by atoms with Crippen LogP contribution in [0.4, 0.5) is 11.4 Å². The highest BCUT2D eigenvalue weighted by Crippen LogP contribution is 2.39. The van der Waals surface area contributed by atoms with Gasteiger partial charge < -0.3 is 5.73 Å². The van der Waals surface area contributed by atoms with Crippen LogP contribution in [0.5, 0.6) is 0 Å². The van der Waals surface area contributed by atoms with Crippen molar-refractivity contribution in [2.75, 3.05) is 4.31 Å². The van der Waals surface area contributed by atoms with E-state index in [4.69, 9.17) is 17.3 Å². The fourth-order valence-corrected chi connectivity index (χ4v) is 4.63. The van der Waals surface area contributed by atoms with Gasteiger partial charge in [-0.2, -0.15) is 0 Å². The molecule has 0 fully saturated rings. The summed E-state index contributed by atoms with van der Waals surface area (Å²) >= 11 is 6.13. The van der Waals surface area contributed by atoms with Gasteiger partial charge in [0.05, 0.1) is 22.4 Å². The number of fused-ring (bicyclic) bond motifs is 1. The van der Waals surface area contributed by atoms with E-state index in [1.165, 1.54) is 4.31 Å². The maximum Gasteiger partial charge on any atom is 0.273 e. The van der Waals surface area contributed by atoms with E-state index in [0.29, 0.717) is 23.6 Å². The van der Waals surface area contributed by atoms with Crippen molar-refractivity contribution in [3.8, 4) is 0 Å². The topological polar surface area (TPSA) is 75.8 Å². The highest BCUT2D eigenvalue weighted by atomic mass is 35.5. The summed E-state index contributed by atoms with van der Waals surface area (Å²) in [5.41, 5.74) is 6.93. The van der Waals surface area contributed by atoms with Crippen LogP contribution < -0.4 is 10.0 Å². The Morgan fingerprint density at radius 2 is 1.87 bits per heavy atom. The second kappa shape index (κ2) is 5.96.